The molecule has 1 saturated heterocycles. The summed E-state index contributed by atoms with van der Waals surface area (Å²) in [6.07, 6.45) is -0.358. The Labute approximate surface area is 157 Å². The molecule has 10 nitrogen and oxygen atoms in total. The predicted molar refractivity (Wildman–Crippen MR) is 97.9 cm³/mol. The number of amides is 2. The number of carbonyl (C=O) groups is 2. The van der Waals surface area contributed by atoms with Crippen LogP contribution in [0.2, 0.25) is 0 Å². The highest BCUT2D eigenvalue weighted by atomic mass is 16.6. The van der Waals surface area contributed by atoms with Gasteiger partial charge in [-0.1, -0.05) is 0 Å². The molecule has 0 saturated carbocycles. The second-order valence-corrected chi connectivity index (χ2v) is 6.03. The van der Waals surface area contributed by atoms with E-state index in [4.69, 9.17) is 9.47 Å². The van der Waals surface area contributed by atoms with Crippen LogP contribution in [0.5, 0.6) is 5.75 Å². The number of nitrogens with one attached hydrogen (secondary N) is 1. The van der Waals surface area contributed by atoms with Gasteiger partial charge in [0.15, 0.2) is 0 Å². The first kappa shape index (κ1) is 20.4. The van der Waals surface area contributed by atoms with Crippen LogP contribution in [0.1, 0.15) is 13.8 Å². The molecule has 1 aliphatic heterocycles. The van der Waals surface area contributed by atoms with Crippen LogP contribution in [0, 0.1) is 10.1 Å². The lowest BCUT2D eigenvalue weighted by Gasteiger charge is -2.36. The summed E-state index contributed by atoms with van der Waals surface area (Å²) in [6, 6.07) is 3.75. The van der Waals surface area contributed by atoms with Gasteiger partial charge in [0.05, 0.1) is 30.7 Å². The lowest BCUT2D eigenvalue weighted by molar-refractivity contribution is -0.384. The van der Waals surface area contributed by atoms with Crippen molar-refractivity contribution in [1.29, 1.82) is 0 Å². The standard InChI is InChI=1S/C17H24N4O6/c1-4-27-17(23)20-9-7-19(8-10-20)12(2)16(22)18-14-6-5-13(26-3)11-15(14)21(24)25/h5-6,11-12H,4,7-10H2,1-3H3,(H,18,22)/t12-/m0/s1. The van der Waals surface area contributed by atoms with Crippen molar-refractivity contribution >= 4 is 23.4 Å². The van der Waals surface area contributed by atoms with E-state index >= 15 is 0 Å². The number of nitro benzene ring substituents is 1. The van der Waals surface area contributed by atoms with E-state index < -0.39 is 11.0 Å². The second-order valence-electron chi connectivity index (χ2n) is 6.03. The molecular weight excluding hydrogens is 356 g/mol. The Kier molecular flexibility index (Phi) is 6.94. The van der Waals surface area contributed by atoms with E-state index in [2.05, 4.69) is 5.32 Å². The molecule has 2 amide bonds. The van der Waals surface area contributed by atoms with Crippen LogP contribution in [0.4, 0.5) is 16.2 Å². The summed E-state index contributed by atoms with van der Waals surface area (Å²) >= 11 is 0. The molecule has 1 atom stereocenters. The highest BCUT2D eigenvalue weighted by Crippen LogP contribution is 2.29. The molecule has 2 rings (SSSR count). The number of ether oxygens (including phenoxy) is 2. The van der Waals surface area contributed by atoms with E-state index in [-0.39, 0.29) is 23.4 Å². The highest BCUT2D eigenvalue weighted by molar-refractivity contribution is 5.96. The third kappa shape index (κ3) is 5.07. The van der Waals surface area contributed by atoms with Crippen LogP contribution in [0.25, 0.3) is 0 Å². The number of carbonyl (C=O) groups excluding carboxylic acids is 2. The van der Waals surface area contributed by atoms with Crippen LogP contribution in [-0.4, -0.2) is 72.7 Å². The topological polar surface area (TPSA) is 114 Å². The molecule has 148 valence electrons. The van der Waals surface area contributed by atoms with Crippen molar-refractivity contribution in [3.63, 3.8) is 0 Å². The fourth-order valence-corrected chi connectivity index (χ4v) is 2.80. The molecule has 0 aliphatic carbocycles. The Bertz CT molecular complexity index is 703. The molecule has 1 aliphatic rings. The normalized spacial score (nSPS) is 15.7. The third-order valence-electron chi connectivity index (χ3n) is 4.43. The van der Waals surface area contributed by atoms with Gasteiger partial charge in [-0.2, -0.15) is 0 Å². The fourth-order valence-electron chi connectivity index (χ4n) is 2.80. The number of nitrogens with zero attached hydrogens (tertiary/aromatic N) is 3. The second kappa shape index (κ2) is 9.17. The number of anilines is 1. The lowest BCUT2D eigenvalue weighted by atomic mass is 10.2. The van der Waals surface area contributed by atoms with Gasteiger partial charge < -0.3 is 19.7 Å². The third-order valence-corrected chi connectivity index (χ3v) is 4.43. The van der Waals surface area contributed by atoms with Crippen LogP contribution in [0.15, 0.2) is 18.2 Å². The van der Waals surface area contributed by atoms with Gasteiger partial charge in [-0.25, -0.2) is 4.79 Å². The van der Waals surface area contributed by atoms with Crippen molar-refractivity contribution in [3.05, 3.63) is 28.3 Å². The van der Waals surface area contributed by atoms with Crippen molar-refractivity contribution in [2.45, 2.75) is 19.9 Å². The van der Waals surface area contributed by atoms with Crippen LogP contribution < -0.4 is 10.1 Å². The zero-order chi connectivity index (χ0) is 20.0. The molecule has 1 fully saturated rings. The summed E-state index contributed by atoms with van der Waals surface area (Å²) < 4.78 is 9.96. The quantitative estimate of drug-likeness (QED) is 0.590. The summed E-state index contributed by atoms with van der Waals surface area (Å²) in [6.45, 7) is 5.73. The van der Waals surface area contributed by atoms with Gasteiger partial charge in [-0.15, -0.1) is 0 Å². The van der Waals surface area contributed by atoms with Gasteiger partial charge in [0.1, 0.15) is 11.4 Å². The molecule has 0 radical (unpaired) electrons. The summed E-state index contributed by atoms with van der Waals surface area (Å²) in [5.74, 6) is -0.0179. The predicted octanol–water partition coefficient (Wildman–Crippen LogP) is 1.70. The van der Waals surface area contributed by atoms with Crippen molar-refractivity contribution in [3.8, 4) is 5.75 Å². The number of rotatable bonds is 6. The molecule has 0 aromatic heterocycles. The van der Waals surface area contributed by atoms with E-state index in [0.717, 1.165) is 0 Å². The molecule has 1 aromatic carbocycles. The zero-order valence-electron chi connectivity index (χ0n) is 15.6. The monoisotopic (exact) mass is 380 g/mol. The number of methoxy groups -OCH3 is 1. The van der Waals surface area contributed by atoms with Gasteiger partial charge in [0.2, 0.25) is 5.91 Å². The Morgan fingerprint density at radius 2 is 1.96 bits per heavy atom. The molecule has 0 spiro atoms. The van der Waals surface area contributed by atoms with Gasteiger partial charge in [-0.05, 0) is 26.0 Å². The SMILES string of the molecule is CCOC(=O)N1CCN([C@@H](C)C(=O)Nc2ccc(OC)cc2[N+](=O)[O-])CC1. The molecule has 1 heterocycles. The smallest absolute Gasteiger partial charge is 0.409 e. The molecular formula is C17H24N4O6. The maximum Gasteiger partial charge on any atom is 0.409 e. The summed E-state index contributed by atoms with van der Waals surface area (Å²) in [7, 11) is 1.41. The number of benzene rings is 1. The van der Waals surface area contributed by atoms with E-state index in [1.54, 1.807) is 24.8 Å². The Morgan fingerprint density at radius 3 is 2.52 bits per heavy atom. The minimum Gasteiger partial charge on any atom is -0.496 e. The summed E-state index contributed by atoms with van der Waals surface area (Å²) in [5.41, 5.74) is -0.121. The van der Waals surface area contributed by atoms with Crippen molar-refractivity contribution < 1.29 is 24.0 Å². The molecule has 1 aromatic rings. The minimum absolute atomic E-state index is 0.114. The Hall–Kier alpha value is -2.88. The van der Waals surface area contributed by atoms with Crippen molar-refractivity contribution in [2.75, 3.05) is 45.2 Å². The summed E-state index contributed by atoms with van der Waals surface area (Å²) in [5, 5.41) is 13.8. The van der Waals surface area contributed by atoms with Gasteiger partial charge in [-0.3, -0.25) is 19.8 Å². The summed E-state index contributed by atoms with van der Waals surface area (Å²) in [4.78, 5) is 38.5. The number of hydrogen-bond donors (Lipinski definition) is 1. The number of hydrogen-bond acceptors (Lipinski definition) is 7. The lowest BCUT2D eigenvalue weighted by Crippen LogP contribution is -2.54. The average Bonchev–Trinajstić information content (AvgIpc) is 2.67. The van der Waals surface area contributed by atoms with Crippen molar-refractivity contribution in [1.82, 2.24) is 9.80 Å². The highest BCUT2D eigenvalue weighted by Gasteiger charge is 2.29. The average molecular weight is 380 g/mol. The maximum absolute atomic E-state index is 12.5. The molecule has 10 heteroatoms. The van der Waals surface area contributed by atoms with Crippen molar-refractivity contribution in [2.24, 2.45) is 0 Å². The van der Waals surface area contributed by atoms with E-state index in [1.807, 2.05) is 4.90 Å². The molecule has 1 N–H and O–H groups in total. The first-order valence-electron chi connectivity index (χ1n) is 8.66. The molecule has 0 unspecified atom stereocenters. The molecule has 0 bridgehead atoms. The van der Waals surface area contributed by atoms with Gasteiger partial charge >= 0.3 is 6.09 Å². The van der Waals surface area contributed by atoms with Crippen LogP contribution >= 0.6 is 0 Å². The van der Waals surface area contributed by atoms with E-state index in [1.165, 1.54) is 19.2 Å². The van der Waals surface area contributed by atoms with Gasteiger partial charge in [0, 0.05) is 26.2 Å². The molecule has 27 heavy (non-hydrogen) atoms. The Morgan fingerprint density at radius 1 is 1.30 bits per heavy atom. The van der Waals surface area contributed by atoms with Crippen LogP contribution in [-0.2, 0) is 9.53 Å². The maximum atomic E-state index is 12.5. The number of piperazine rings is 1. The zero-order valence-corrected chi connectivity index (χ0v) is 15.6. The van der Waals surface area contributed by atoms with E-state index in [0.29, 0.717) is 38.5 Å². The van der Waals surface area contributed by atoms with E-state index in [9.17, 15) is 19.7 Å². The first-order chi connectivity index (χ1) is 12.9. The largest absolute Gasteiger partial charge is 0.496 e. The van der Waals surface area contributed by atoms with Gasteiger partial charge in [0.25, 0.3) is 5.69 Å². The first-order valence-corrected chi connectivity index (χ1v) is 8.66. The minimum atomic E-state index is -0.569. The van der Waals surface area contributed by atoms with Crippen LogP contribution in [0.3, 0.4) is 0 Å². The number of nitro groups is 1. The fraction of sp³-hybridized carbons (Fsp3) is 0.529. The Balaban J connectivity index is 1.99.